The van der Waals surface area contributed by atoms with Crippen molar-refractivity contribution in [3.8, 4) is 5.75 Å². The van der Waals surface area contributed by atoms with Gasteiger partial charge < -0.3 is 15.8 Å². The molecule has 0 spiro atoms. The van der Waals surface area contributed by atoms with Crippen molar-refractivity contribution in [2.75, 3.05) is 18.2 Å². The molecule has 94 valence electrons. The summed E-state index contributed by atoms with van der Waals surface area (Å²) in [6.07, 6.45) is 0. The van der Waals surface area contributed by atoms with E-state index in [0.29, 0.717) is 0 Å². The van der Waals surface area contributed by atoms with Crippen LogP contribution in [0.3, 0.4) is 0 Å². The molecule has 0 aliphatic carbocycles. The zero-order chi connectivity index (χ0) is 13.1. The van der Waals surface area contributed by atoms with Gasteiger partial charge in [0.2, 0.25) is 0 Å². The highest BCUT2D eigenvalue weighted by Gasteiger charge is 2.05. The van der Waals surface area contributed by atoms with Gasteiger partial charge in [-0.3, -0.25) is 0 Å². The number of nitrogens with two attached hydrogens (primary N) is 1. The van der Waals surface area contributed by atoms with Crippen molar-refractivity contribution in [2.24, 2.45) is 0 Å². The fourth-order valence-electron chi connectivity index (χ4n) is 1.50. The molecule has 0 radical (unpaired) electrons. The monoisotopic (exact) mass is 370 g/mol. The average Bonchev–Trinajstić information content (AvgIpc) is 2.35. The van der Waals surface area contributed by atoms with Crippen LogP contribution in [0.5, 0.6) is 5.75 Å². The molecule has 2 rings (SSSR count). The Hall–Kier alpha value is -1.20. The molecular formula is C13H12Br2N2O. The molecule has 3 N–H and O–H groups in total. The summed E-state index contributed by atoms with van der Waals surface area (Å²) in [5.41, 5.74) is 8.30. The predicted octanol–water partition coefficient (Wildman–Crippen LogP) is 4.55. The van der Waals surface area contributed by atoms with E-state index < -0.39 is 0 Å². The van der Waals surface area contributed by atoms with Gasteiger partial charge in [-0.1, -0.05) is 0 Å². The molecule has 3 nitrogen and oxygen atoms in total. The maximum absolute atomic E-state index is 5.71. The lowest BCUT2D eigenvalue weighted by Gasteiger charge is -2.12. The Morgan fingerprint density at radius 1 is 1.00 bits per heavy atom. The minimum absolute atomic E-state index is 0.720. The fourth-order valence-corrected chi connectivity index (χ4v) is 2.35. The molecule has 0 aliphatic rings. The first-order chi connectivity index (χ1) is 8.60. The van der Waals surface area contributed by atoms with Gasteiger partial charge in [-0.25, -0.2) is 0 Å². The number of hydrogen-bond donors (Lipinski definition) is 2. The smallest absolute Gasteiger partial charge is 0.121 e. The van der Waals surface area contributed by atoms with Crippen molar-refractivity contribution in [3.05, 3.63) is 45.3 Å². The predicted molar refractivity (Wildman–Crippen MR) is 82.5 cm³/mol. The van der Waals surface area contributed by atoms with Crippen molar-refractivity contribution in [1.29, 1.82) is 0 Å². The summed E-state index contributed by atoms with van der Waals surface area (Å²) < 4.78 is 7.08. The van der Waals surface area contributed by atoms with Crippen LogP contribution in [0.4, 0.5) is 17.1 Å². The first-order valence-corrected chi connectivity index (χ1v) is 6.84. The van der Waals surface area contributed by atoms with Crippen LogP contribution in [-0.2, 0) is 0 Å². The highest BCUT2D eigenvalue weighted by atomic mass is 79.9. The van der Waals surface area contributed by atoms with E-state index in [9.17, 15) is 0 Å². The van der Waals surface area contributed by atoms with Crippen LogP contribution in [0.2, 0.25) is 0 Å². The van der Waals surface area contributed by atoms with Crippen LogP contribution < -0.4 is 15.8 Å². The molecule has 0 heterocycles. The third kappa shape index (κ3) is 2.97. The number of methoxy groups -OCH3 is 1. The van der Waals surface area contributed by atoms with E-state index in [1.165, 1.54) is 0 Å². The standard InChI is InChI=1S/C13H12Br2N2O/c1-18-9-3-4-10(14)13(7-9)17-12-5-2-8(16)6-11(12)15/h2-7,17H,16H2,1H3. The third-order valence-corrected chi connectivity index (χ3v) is 3.78. The molecule has 0 unspecified atom stereocenters. The number of ether oxygens (including phenoxy) is 1. The first kappa shape index (κ1) is 13.2. The maximum Gasteiger partial charge on any atom is 0.121 e. The molecule has 0 aromatic heterocycles. The number of hydrogen-bond acceptors (Lipinski definition) is 3. The third-order valence-electron chi connectivity index (χ3n) is 2.44. The summed E-state index contributed by atoms with van der Waals surface area (Å²) in [6.45, 7) is 0. The Labute approximate surface area is 123 Å². The molecule has 5 heteroatoms. The summed E-state index contributed by atoms with van der Waals surface area (Å²) in [4.78, 5) is 0. The Balaban J connectivity index is 2.33. The zero-order valence-electron chi connectivity index (χ0n) is 9.71. The summed E-state index contributed by atoms with van der Waals surface area (Å²) in [6, 6.07) is 11.4. The zero-order valence-corrected chi connectivity index (χ0v) is 12.9. The van der Waals surface area contributed by atoms with Gasteiger partial charge in [0.1, 0.15) is 5.75 Å². The van der Waals surface area contributed by atoms with E-state index in [1.807, 2.05) is 36.4 Å². The molecule has 2 aromatic carbocycles. The maximum atomic E-state index is 5.71. The lowest BCUT2D eigenvalue weighted by Crippen LogP contribution is -1.95. The van der Waals surface area contributed by atoms with E-state index >= 15 is 0 Å². The highest BCUT2D eigenvalue weighted by molar-refractivity contribution is 9.11. The van der Waals surface area contributed by atoms with Gasteiger partial charge in [0.05, 0.1) is 18.5 Å². The van der Waals surface area contributed by atoms with Crippen molar-refractivity contribution in [2.45, 2.75) is 0 Å². The number of nitrogens with one attached hydrogen (secondary N) is 1. The lowest BCUT2D eigenvalue weighted by atomic mass is 10.2. The average molecular weight is 372 g/mol. The Morgan fingerprint density at radius 2 is 1.78 bits per heavy atom. The summed E-state index contributed by atoms with van der Waals surface area (Å²) in [7, 11) is 1.64. The highest BCUT2D eigenvalue weighted by Crippen LogP contribution is 2.33. The molecule has 0 saturated heterocycles. The van der Waals surface area contributed by atoms with Crippen LogP contribution in [0.15, 0.2) is 45.3 Å². The van der Waals surface area contributed by atoms with Gasteiger partial charge in [0.25, 0.3) is 0 Å². The number of rotatable bonds is 3. The summed E-state index contributed by atoms with van der Waals surface area (Å²) >= 11 is 6.97. The number of nitrogen functional groups attached to an aromatic ring is 1. The lowest BCUT2D eigenvalue weighted by molar-refractivity contribution is 0.415. The quantitative estimate of drug-likeness (QED) is 0.778. The van der Waals surface area contributed by atoms with E-state index in [1.54, 1.807) is 7.11 Å². The van der Waals surface area contributed by atoms with Gasteiger partial charge in [-0.2, -0.15) is 0 Å². The van der Waals surface area contributed by atoms with Crippen LogP contribution >= 0.6 is 31.9 Å². The molecule has 0 amide bonds. The molecule has 0 aliphatic heterocycles. The summed E-state index contributed by atoms with van der Waals surface area (Å²) in [5, 5.41) is 3.31. The Bertz CT molecular complexity index is 573. The second-order valence-corrected chi connectivity index (χ2v) is 5.42. The summed E-state index contributed by atoms with van der Waals surface area (Å²) in [5.74, 6) is 0.798. The minimum atomic E-state index is 0.720. The van der Waals surface area contributed by atoms with E-state index in [0.717, 1.165) is 31.8 Å². The second kappa shape index (κ2) is 5.63. The molecule has 0 bridgehead atoms. The van der Waals surface area contributed by atoms with Crippen LogP contribution in [0.1, 0.15) is 0 Å². The van der Waals surface area contributed by atoms with Crippen molar-refractivity contribution in [3.63, 3.8) is 0 Å². The van der Waals surface area contributed by atoms with E-state index in [2.05, 4.69) is 37.2 Å². The van der Waals surface area contributed by atoms with Gasteiger partial charge in [0, 0.05) is 20.7 Å². The molecule has 0 saturated carbocycles. The van der Waals surface area contributed by atoms with Crippen LogP contribution in [0, 0.1) is 0 Å². The van der Waals surface area contributed by atoms with Crippen molar-refractivity contribution in [1.82, 2.24) is 0 Å². The molecular weight excluding hydrogens is 360 g/mol. The molecule has 18 heavy (non-hydrogen) atoms. The molecule has 2 aromatic rings. The second-order valence-electron chi connectivity index (χ2n) is 3.71. The minimum Gasteiger partial charge on any atom is -0.497 e. The number of anilines is 3. The Kier molecular flexibility index (Phi) is 4.14. The van der Waals surface area contributed by atoms with E-state index in [-0.39, 0.29) is 0 Å². The van der Waals surface area contributed by atoms with Gasteiger partial charge >= 0.3 is 0 Å². The number of halogens is 2. The van der Waals surface area contributed by atoms with Crippen molar-refractivity contribution >= 4 is 48.9 Å². The van der Waals surface area contributed by atoms with Gasteiger partial charge in [-0.05, 0) is 62.2 Å². The topological polar surface area (TPSA) is 47.3 Å². The van der Waals surface area contributed by atoms with Gasteiger partial charge in [0.15, 0.2) is 0 Å². The SMILES string of the molecule is COc1ccc(Br)c(Nc2ccc(N)cc2Br)c1. The van der Waals surface area contributed by atoms with Gasteiger partial charge in [-0.15, -0.1) is 0 Å². The number of benzene rings is 2. The largest absolute Gasteiger partial charge is 0.497 e. The van der Waals surface area contributed by atoms with E-state index in [4.69, 9.17) is 10.5 Å². The normalized spacial score (nSPS) is 10.2. The molecule has 0 fully saturated rings. The fraction of sp³-hybridized carbons (Fsp3) is 0.0769. The Morgan fingerprint density at radius 3 is 2.44 bits per heavy atom. The van der Waals surface area contributed by atoms with Crippen LogP contribution in [-0.4, -0.2) is 7.11 Å². The van der Waals surface area contributed by atoms with Crippen LogP contribution in [0.25, 0.3) is 0 Å². The first-order valence-electron chi connectivity index (χ1n) is 5.26. The van der Waals surface area contributed by atoms with Crippen molar-refractivity contribution < 1.29 is 4.74 Å². The molecule has 0 atom stereocenters.